The number of ether oxygens (including phenoxy) is 1. The number of benzene rings is 4. The topological polar surface area (TPSA) is 107 Å². The lowest BCUT2D eigenvalue weighted by Crippen LogP contribution is -2.23. The molecule has 2 aliphatic rings. The Balaban J connectivity index is 1.35. The highest BCUT2D eigenvalue weighted by molar-refractivity contribution is 5.78. The molecule has 0 atom stereocenters. The van der Waals surface area contributed by atoms with E-state index in [0.717, 1.165) is 63.4 Å². The molecule has 4 aromatic carbocycles. The summed E-state index contributed by atoms with van der Waals surface area (Å²) in [5, 5.41) is 19.0. The molecule has 9 nitrogen and oxygen atoms in total. The molecule has 0 bridgehead atoms. The SMILES string of the molecule is Cc1ccc2c(c1)N(CCC(=O)O)C(=CC=C1CCC(C=Cc3[o+]c4ccc(C)cc4n3CCC(=O)O)=C1N(c1ccccc1)c1ccccc1)O2. The van der Waals surface area contributed by atoms with Crippen molar-refractivity contribution in [1.29, 1.82) is 0 Å². The monoisotopic (exact) mass is 694 g/mol. The first-order valence-electron chi connectivity index (χ1n) is 17.4. The first-order valence-corrected chi connectivity index (χ1v) is 17.4. The summed E-state index contributed by atoms with van der Waals surface area (Å²) in [5.41, 5.74) is 9.67. The van der Waals surface area contributed by atoms with Crippen molar-refractivity contribution in [2.75, 3.05) is 16.3 Å². The molecule has 1 aliphatic heterocycles. The lowest BCUT2D eigenvalue weighted by atomic mass is 10.1. The second kappa shape index (κ2) is 14.9. The van der Waals surface area contributed by atoms with Gasteiger partial charge < -0.3 is 24.7 Å². The van der Waals surface area contributed by atoms with Crippen molar-refractivity contribution >= 4 is 46.2 Å². The summed E-state index contributed by atoms with van der Waals surface area (Å²) in [5.74, 6) is 0.0863. The Labute approximate surface area is 302 Å². The number of carboxylic acid groups (broad SMARTS) is 2. The fraction of sp³-hybridized carbons (Fsp3) is 0.186. The van der Waals surface area contributed by atoms with Crippen LogP contribution in [-0.2, 0) is 16.1 Å². The summed E-state index contributed by atoms with van der Waals surface area (Å²) in [6.07, 6.45) is 9.46. The van der Waals surface area contributed by atoms with Gasteiger partial charge in [0.25, 0.3) is 0 Å². The number of para-hydroxylation sites is 2. The van der Waals surface area contributed by atoms with Gasteiger partial charge in [-0.15, -0.1) is 0 Å². The molecular formula is C43H40N3O6+. The number of rotatable bonds is 12. The van der Waals surface area contributed by atoms with Crippen LogP contribution >= 0.6 is 0 Å². The van der Waals surface area contributed by atoms with Crippen molar-refractivity contribution in [3.8, 4) is 5.75 Å². The number of aromatic nitrogens is 1. The third-order valence-corrected chi connectivity index (χ3v) is 9.25. The van der Waals surface area contributed by atoms with Gasteiger partial charge in [0.15, 0.2) is 11.3 Å². The number of fused-ring (bicyclic) bond motifs is 2. The summed E-state index contributed by atoms with van der Waals surface area (Å²) in [4.78, 5) is 27.4. The Morgan fingerprint density at radius 3 is 2.13 bits per heavy atom. The number of aliphatic carboxylic acids is 2. The molecule has 0 saturated carbocycles. The van der Waals surface area contributed by atoms with Crippen molar-refractivity contribution < 1.29 is 29.0 Å². The van der Waals surface area contributed by atoms with Gasteiger partial charge in [-0.3, -0.25) is 14.2 Å². The van der Waals surface area contributed by atoms with Crippen LogP contribution in [0.3, 0.4) is 0 Å². The highest BCUT2D eigenvalue weighted by atomic mass is 16.5. The molecule has 0 unspecified atom stereocenters. The van der Waals surface area contributed by atoms with E-state index in [0.29, 0.717) is 23.1 Å². The first kappa shape index (κ1) is 34.1. The van der Waals surface area contributed by atoms with E-state index in [1.54, 1.807) is 0 Å². The predicted molar refractivity (Wildman–Crippen MR) is 203 cm³/mol. The van der Waals surface area contributed by atoms with Gasteiger partial charge in [0, 0.05) is 30.5 Å². The van der Waals surface area contributed by atoms with E-state index in [9.17, 15) is 19.8 Å². The molecule has 0 spiro atoms. The first-order chi connectivity index (χ1) is 25.2. The fourth-order valence-electron chi connectivity index (χ4n) is 6.78. The molecule has 2 heterocycles. The van der Waals surface area contributed by atoms with Crippen LogP contribution in [0.2, 0.25) is 0 Å². The maximum Gasteiger partial charge on any atom is 0.434 e. The second-order valence-corrected chi connectivity index (χ2v) is 13.0. The Kier molecular flexibility index (Phi) is 9.75. The number of oxazole rings is 1. The maximum absolute atomic E-state index is 11.6. The third-order valence-electron chi connectivity index (χ3n) is 9.25. The molecule has 1 aromatic heterocycles. The molecule has 5 aromatic rings. The normalized spacial score (nSPS) is 15.6. The summed E-state index contributed by atoms with van der Waals surface area (Å²) in [6, 6.07) is 32.3. The highest BCUT2D eigenvalue weighted by Gasteiger charge is 2.30. The lowest BCUT2D eigenvalue weighted by Gasteiger charge is -2.28. The van der Waals surface area contributed by atoms with Crippen molar-refractivity contribution in [2.24, 2.45) is 0 Å². The number of hydrogen-bond donors (Lipinski definition) is 2. The van der Waals surface area contributed by atoms with Crippen molar-refractivity contribution in [2.45, 2.75) is 46.1 Å². The van der Waals surface area contributed by atoms with Crippen LogP contribution in [0, 0.1) is 13.8 Å². The van der Waals surface area contributed by atoms with E-state index >= 15 is 0 Å². The standard InChI is InChI=1S/C43H39N3O6/c1-29-13-19-37-35(27-29)44(25-23-41(47)48)39(51-37)21-17-31-15-16-32(43(31)46(33-9-5-3-6-10-33)34-11-7-4-8-12-34)18-22-40-45(26-24-42(49)50)36-28-30(2)14-20-38(36)52-40/h3-14,17-22,27-28H,15-16,23-26H2,1-2H3,(H-,47,48,49,50)/p+1. The average Bonchev–Trinajstić information content (AvgIpc) is 3.81. The minimum atomic E-state index is -0.874. The number of aryl methyl sites for hydroxylation is 3. The fourth-order valence-corrected chi connectivity index (χ4v) is 6.78. The average molecular weight is 695 g/mol. The van der Waals surface area contributed by atoms with Crippen LogP contribution in [0.25, 0.3) is 17.2 Å². The molecule has 1 aliphatic carbocycles. The van der Waals surface area contributed by atoms with Gasteiger partial charge in [0.2, 0.25) is 5.88 Å². The van der Waals surface area contributed by atoms with Crippen molar-refractivity contribution in [3.63, 3.8) is 0 Å². The van der Waals surface area contributed by atoms with Gasteiger partial charge in [-0.2, -0.15) is 4.42 Å². The number of hydrogen-bond acceptors (Lipinski definition) is 5. The zero-order valence-electron chi connectivity index (χ0n) is 29.2. The van der Waals surface area contributed by atoms with Gasteiger partial charge >= 0.3 is 23.4 Å². The summed E-state index contributed by atoms with van der Waals surface area (Å²) < 4.78 is 14.5. The summed E-state index contributed by atoms with van der Waals surface area (Å²) >= 11 is 0. The van der Waals surface area contributed by atoms with E-state index in [2.05, 4.69) is 41.3 Å². The number of carboxylic acids is 2. The minimum absolute atomic E-state index is 0.0334. The van der Waals surface area contributed by atoms with E-state index < -0.39 is 11.9 Å². The molecule has 0 radical (unpaired) electrons. The highest BCUT2D eigenvalue weighted by Crippen LogP contribution is 2.43. The molecular weight excluding hydrogens is 654 g/mol. The lowest BCUT2D eigenvalue weighted by molar-refractivity contribution is -0.138. The van der Waals surface area contributed by atoms with E-state index in [1.165, 1.54) is 0 Å². The Bertz CT molecular complexity index is 2230. The van der Waals surface area contributed by atoms with Gasteiger partial charge in [0.05, 0.1) is 30.3 Å². The molecule has 0 saturated heterocycles. The van der Waals surface area contributed by atoms with Crippen LogP contribution in [0.15, 0.2) is 142 Å². The van der Waals surface area contributed by atoms with Crippen LogP contribution in [0.5, 0.6) is 5.75 Å². The molecule has 9 heteroatoms. The number of anilines is 3. The largest absolute Gasteiger partial charge is 0.481 e. The van der Waals surface area contributed by atoms with E-state index in [-0.39, 0.29) is 25.9 Å². The number of carbonyl (C=O) groups is 2. The molecule has 2 N–H and O–H groups in total. The van der Waals surface area contributed by atoms with E-state index in [1.807, 2.05) is 108 Å². The van der Waals surface area contributed by atoms with Crippen LogP contribution < -0.4 is 14.5 Å². The molecule has 52 heavy (non-hydrogen) atoms. The Hall–Kier alpha value is -6.35. The van der Waals surface area contributed by atoms with Gasteiger partial charge in [0.1, 0.15) is 0 Å². The maximum atomic E-state index is 11.6. The summed E-state index contributed by atoms with van der Waals surface area (Å²) in [6.45, 7) is 4.56. The van der Waals surface area contributed by atoms with Crippen LogP contribution in [-0.4, -0.2) is 33.3 Å². The zero-order valence-corrected chi connectivity index (χ0v) is 29.2. The minimum Gasteiger partial charge on any atom is -0.481 e. The van der Waals surface area contributed by atoms with Crippen molar-refractivity contribution in [1.82, 2.24) is 4.57 Å². The summed E-state index contributed by atoms with van der Waals surface area (Å²) in [7, 11) is 0. The van der Waals surface area contributed by atoms with Gasteiger partial charge in [-0.25, -0.2) is 0 Å². The smallest absolute Gasteiger partial charge is 0.434 e. The third kappa shape index (κ3) is 7.25. The van der Waals surface area contributed by atoms with Gasteiger partial charge in [-0.1, -0.05) is 48.5 Å². The second-order valence-electron chi connectivity index (χ2n) is 13.0. The molecule has 7 rings (SSSR count). The number of allylic oxidation sites excluding steroid dienone is 5. The molecule has 262 valence electrons. The predicted octanol–water partition coefficient (Wildman–Crippen LogP) is 9.65. The van der Waals surface area contributed by atoms with Crippen LogP contribution in [0.4, 0.5) is 17.1 Å². The van der Waals surface area contributed by atoms with Crippen LogP contribution in [0.1, 0.15) is 42.7 Å². The quantitative estimate of drug-likeness (QED) is 0.124. The molecule has 0 amide bonds. The van der Waals surface area contributed by atoms with E-state index in [4.69, 9.17) is 9.15 Å². The Morgan fingerprint density at radius 2 is 1.44 bits per heavy atom. The van der Waals surface area contributed by atoms with Crippen molar-refractivity contribution in [3.05, 3.63) is 155 Å². The zero-order chi connectivity index (χ0) is 36.2. The number of nitrogens with zero attached hydrogens (tertiary/aromatic N) is 3. The van der Waals surface area contributed by atoms with Gasteiger partial charge in [-0.05, 0) is 110 Å². The Morgan fingerprint density at radius 1 is 0.788 bits per heavy atom. The molecule has 0 fully saturated rings.